The molecular weight excluding hydrogens is 358 g/mol. The molecule has 0 bridgehead atoms. The highest BCUT2D eigenvalue weighted by atomic mass is 16.2. The summed E-state index contributed by atoms with van der Waals surface area (Å²) in [6.45, 7) is 3.62. The van der Waals surface area contributed by atoms with Gasteiger partial charge in [0.05, 0.1) is 11.4 Å². The number of piperazine rings is 1. The maximum Gasteiger partial charge on any atom is 0.255 e. The van der Waals surface area contributed by atoms with Crippen LogP contribution in [0.3, 0.4) is 0 Å². The Bertz CT molecular complexity index is 908. The van der Waals surface area contributed by atoms with E-state index in [0.717, 1.165) is 32.5 Å². The number of nitrogens with zero attached hydrogens (tertiary/aromatic N) is 7. The normalized spacial score (nSPS) is 20.6. The monoisotopic (exact) mass is 383 g/mol. The largest absolute Gasteiger partial charge is 0.341 e. The first-order valence-electron chi connectivity index (χ1n) is 9.63. The molecule has 1 atom stereocenters. The summed E-state index contributed by atoms with van der Waals surface area (Å²) >= 11 is 0. The molecule has 28 heavy (non-hydrogen) atoms. The third-order valence-corrected chi connectivity index (χ3v) is 5.59. The van der Waals surface area contributed by atoms with Crippen molar-refractivity contribution in [2.24, 2.45) is 7.05 Å². The van der Waals surface area contributed by atoms with Crippen LogP contribution in [-0.2, 0) is 11.8 Å². The van der Waals surface area contributed by atoms with Gasteiger partial charge in [-0.2, -0.15) is 0 Å². The minimum Gasteiger partial charge on any atom is -0.341 e. The van der Waals surface area contributed by atoms with Gasteiger partial charge in [-0.1, -0.05) is 0 Å². The zero-order valence-corrected chi connectivity index (χ0v) is 16.3. The summed E-state index contributed by atoms with van der Waals surface area (Å²) in [7, 11) is 3.70. The van der Waals surface area contributed by atoms with Gasteiger partial charge in [-0.3, -0.25) is 19.1 Å². The Balaban J connectivity index is 1.63. The second-order valence-corrected chi connectivity index (χ2v) is 7.41. The van der Waals surface area contributed by atoms with Crippen molar-refractivity contribution in [1.82, 2.24) is 29.3 Å². The van der Waals surface area contributed by atoms with Gasteiger partial charge in [0.2, 0.25) is 11.9 Å². The fourth-order valence-corrected chi connectivity index (χ4v) is 3.85. The Morgan fingerprint density at radius 2 is 1.89 bits per heavy atom. The molecule has 0 saturated carbocycles. The van der Waals surface area contributed by atoms with Crippen LogP contribution in [0.4, 0.5) is 5.95 Å². The van der Waals surface area contributed by atoms with Gasteiger partial charge in [0, 0.05) is 52.0 Å². The molecule has 2 aliphatic heterocycles. The zero-order valence-electron chi connectivity index (χ0n) is 16.3. The van der Waals surface area contributed by atoms with Gasteiger partial charge in [0.1, 0.15) is 12.4 Å². The van der Waals surface area contributed by atoms with Crippen LogP contribution in [0.2, 0.25) is 0 Å². The van der Waals surface area contributed by atoms with Crippen LogP contribution in [0.15, 0.2) is 29.5 Å². The highest BCUT2D eigenvalue weighted by molar-refractivity contribution is 5.83. The molecule has 0 spiro atoms. The Hall–Kier alpha value is -2.81. The quantitative estimate of drug-likeness (QED) is 0.736. The van der Waals surface area contributed by atoms with Crippen LogP contribution in [0.5, 0.6) is 0 Å². The molecule has 0 N–H and O–H groups in total. The molecule has 2 aliphatic rings. The van der Waals surface area contributed by atoms with Gasteiger partial charge in [-0.15, -0.1) is 0 Å². The smallest absolute Gasteiger partial charge is 0.255 e. The van der Waals surface area contributed by atoms with E-state index in [1.54, 1.807) is 19.3 Å². The van der Waals surface area contributed by atoms with Crippen molar-refractivity contribution in [2.75, 3.05) is 44.7 Å². The maximum atomic E-state index is 13.0. The molecule has 2 saturated heterocycles. The fourth-order valence-electron chi connectivity index (χ4n) is 3.85. The summed E-state index contributed by atoms with van der Waals surface area (Å²) in [5.41, 5.74) is 0.967. The van der Waals surface area contributed by atoms with Gasteiger partial charge < -0.3 is 9.80 Å². The van der Waals surface area contributed by atoms with Gasteiger partial charge in [-0.05, 0) is 26.0 Å². The lowest BCUT2D eigenvalue weighted by atomic mass is 10.1. The molecule has 4 heterocycles. The third kappa shape index (κ3) is 3.49. The van der Waals surface area contributed by atoms with E-state index >= 15 is 0 Å². The Morgan fingerprint density at radius 1 is 1.11 bits per heavy atom. The number of anilines is 1. The van der Waals surface area contributed by atoms with Crippen LogP contribution >= 0.6 is 0 Å². The van der Waals surface area contributed by atoms with E-state index in [4.69, 9.17) is 4.98 Å². The molecule has 1 amide bonds. The molecule has 2 aromatic heterocycles. The van der Waals surface area contributed by atoms with Crippen LogP contribution in [-0.4, -0.2) is 81.0 Å². The van der Waals surface area contributed by atoms with E-state index in [9.17, 15) is 9.59 Å². The van der Waals surface area contributed by atoms with Gasteiger partial charge in [0.25, 0.3) is 5.56 Å². The van der Waals surface area contributed by atoms with Crippen LogP contribution < -0.4 is 10.5 Å². The number of carbonyl (C=O) groups is 1. The third-order valence-electron chi connectivity index (χ3n) is 5.59. The van der Waals surface area contributed by atoms with E-state index in [1.807, 2.05) is 16.8 Å². The molecular formula is C19H25N7O2. The predicted octanol–water partition coefficient (Wildman–Crippen LogP) is -0.0199. The topological polar surface area (TPSA) is 87.5 Å². The van der Waals surface area contributed by atoms with Gasteiger partial charge in [0.15, 0.2) is 0 Å². The van der Waals surface area contributed by atoms with E-state index < -0.39 is 0 Å². The first kappa shape index (κ1) is 18.5. The summed E-state index contributed by atoms with van der Waals surface area (Å²) in [6, 6.07) is 2.98. The lowest BCUT2D eigenvalue weighted by Gasteiger charge is -2.40. The molecule has 9 heteroatoms. The first-order valence-corrected chi connectivity index (χ1v) is 9.63. The molecule has 4 rings (SSSR count). The Kier molecular flexibility index (Phi) is 5.08. The van der Waals surface area contributed by atoms with Crippen molar-refractivity contribution in [1.29, 1.82) is 0 Å². The maximum absolute atomic E-state index is 13.0. The van der Waals surface area contributed by atoms with Crippen LogP contribution in [0, 0.1) is 0 Å². The van der Waals surface area contributed by atoms with E-state index in [2.05, 4.69) is 14.9 Å². The average molecular weight is 383 g/mol. The Labute approximate surface area is 163 Å². The summed E-state index contributed by atoms with van der Waals surface area (Å²) in [5, 5.41) is 0. The molecule has 148 valence electrons. The van der Waals surface area contributed by atoms with Crippen molar-refractivity contribution in [3.8, 4) is 11.4 Å². The van der Waals surface area contributed by atoms with Gasteiger partial charge >= 0.3 is 0 Å². The summed E-state index contributed by atoms with van der Waals surface area (Å²) in [5.74, 6) is 0.732. The number of likely N-dealkylation sites (tertiary alicyclic amines) is 1. The van der Waals surface area contributed by atoms with Crippen molar-refractivity contribution in [3.63, 3.8) is 0 Å². The lowest BCUT2D eigenvalue weighted by molar-refractivity contribution is -0.135. The number of hydrogen-bond donors (Lipinski definition) is 0. The lowest BCUT2D eigenvalue weighted by Crippen LogP contribution is -2.58. The van der Waals surface area contributed by atoms with Crippen molar-refractivity contribution >= 4 is 11.9 Å². The van der Waals surface area contributed by atoms with E-state index in [-0.39, 0.29) is 17.5 Å². The summed E-state index contributed by atoms with van der Waals surface area (Å²) in [4.78, 5) is 44.4. The SMILES string of the molecule is CN1CCN(c2nc(-c3ccncn3)cc(=O)n2C)CC1C(=O)N1CCCC1. The minimum atomic E-state index is -0.230. The van der Waals surface area contributed by atoms with Gasteiger partial charge in [-0.25, -0.2) is 15.0 Å². The standard InChI is InChI=1S/C19H25N7O2/c1-23-9-10-26(12-16(23)18(28)25-7-3-4-8-25)19-22-15(11-17(27)24(19)2)14-5-6-20-13-21-14/h5-6,11,13,16H,3-4,7-10,12H2,1-2H3. The summed E-state index contributed by atoms with van der Waals surface area (Å²) in [6.07, 6.45) is 5.21. The molecule has 1 unspecified atom stereocenters. The molecule has 0 radical (unpaired) electrons. The summed E-state index contributed by atoms with van der Waals surface area (Å²) < 4.78 is 1.54. The van der Waals surface area contributed by atoms with E-state index in [0.29, 0.717) is 30.4 Å². The minimum absolute atomic E-state index is 0.153. The fraction of sp³-hybridized carbons (Fsp3) is 0.526. The van der Waals surface area contributed by atoms with E-state index in [1.165, 1.54) is 17.0 Å². The molecule has 2 aromatic rings. The number of aromatic nitrogens is 4. The zero-order chi connectivity index (χ0) is 19.7. The average Bonchev–Trinajstić information content (AvgIpc) is 3.25. The Morgan fingerprint density at radius 3 is 2.61 bits per heavy atom. The highest BCUT2D eigenvalue weighted by Crippen LogP contribution is 2.21. The molecule has 2 fully saturated rings. The van der Waals surface area contributed by atoms with Crippen molar-refractivity contribution < 1.29 is 4.79 Å². The first-order chi connectivity index (χ1) is 13.5. The van der Waals surface area contributed by atoms with Crippen LogP contribution in [0.25, 0.3) is 11.4 Å². The number of carbonyl (C=O) groups excluding carboxylic acids is 1. The highest BCUT2D eigenvalue weighted by Gasteiger charge is 2.35. The number of rotatable bonds is 3. The second-order valence-electron chi connectivity index (χ2n) is 7.41. The predicted molar refractivity (Wildman–Crippen MR) is 105 cm³/mol. The molecule has 0 aromatic carbocycles. The van der Waals surface area contributed by atoms with Crippen molar-refractivity contribution in [2.45, 2.75) is 18.9 Å². The van der Waals surface area contributed by atoms with Crippen LogP contribution in [0.1, 0.15) is 12.8 Å². The number of hydrogen-bond acceptors (Lipinski definition) is 7. The number of likely N-dealkylation sites (N-methyl/N-ethyl adjacent to an activating group) is 1. The molecule has 0 aliphatic carbocycles. The number of amides is 1. The molecule has 9 nitrogen and oxygen atoms in total. The second kappa shape index (κ2) is 7.67. The van der Waals surface area contributed by atoms with Crippen molar-refractivity contribution in [3.05, 3.63) is 35.0 Å².